The Morgan fingerprint density at radius 1 is 0.356 bits per heavy atom. The Morgan fingerprint density at radius 3 is 0.944 bits per heavy atom. The first-order chi connectivity index (χ1) is 44.0. The molecule has 0 amide bonds. The van der Waals surface area contributed by atoms with Crippen LogP contribution in [0.25, 0.3) is 0 Å². The van der Waals surface area contributed by atoms with E-state index >= 15 is 0 Å². The summed E-state index contributed by atoms with van der Waals surface area (Å²) in [6.45, 7) is 4.17. The average Bonchev–Trinajstić information content (AvgIpc) is 3.58. The van der Waals surface area contributed by atoms with Crippen LogP contribution in [0.3, 0.4) is 0 Å². The van der Waals surface area contributed by atoms with Crippen LogP contribution in [0, 0.1) is 0 Å². The lowest BCUT2D eigenvalue weighted by molar-refractivity contribution is -0.870. The number of carbonyl (C=O) groups excluding carboxylic acids is 2. The third-order valence-corrected chi connectivity index (χ3v) is 17.9. The number of phosphoric acid groups is 1. The zero-order valence-corrected chi connectivity index (χ0v) is 60.7. The zero-order valence-electron chi connectivity index (χ0n) is 59.8. The SMILES string of the molecule is CC/C=C\C/C=C\C/C=C\C/C=C\CCCCCCCCCCCCCCCCCCCCCCCCCCC(=O)OC(COC(=O)CCCCCCCCCCCCCCCC/C=C\C/C=C\C/C=C\CCCCCCC)COP(=O)([O-])OCC[N+](C)(C)C. The summed E-state index contributed by atoms with van der Waals surface area (Å²) >= 11 is 0. The molecular formula is C80H146NO8P. The Hall–Kier alpha value is -2.81. The van der Waals surface area contributed by atoms with Crippen LogP contribution in [-0.4, -0.2) is 70.0 Å². The van der Waals surface area contributed by atoms with Crippen LogP contribution >= 0.6 is 7.82 Å². The topological polar surface area (TPSA) is 111 Å². The minimum Gasteiger partial charge on any atom is -0.756 e. The number of hydrogen-bond donors (Lipinski definition) is 0. The average molecular weight is 1280 g/mol. The first-order valence-corrected chi connectivity index (χ1v) is 39.8. The van der Waals surface area contributed by atoms with Gasteiger partial charge in [-0.25, -0.2) is 0 Å². The van der Waals surface area contributed by atoms with E-state index in [4.69, 9.17) is 18.5 Å². The van der Waals surface area contributed by atoms with E-state index in [0.29, 0.717) is 17.4 Å². The molecule has 0 aliphatic heterocycles. The summed E-state index contributed by atoms with van der Waals surface area (Å²) in [6.07, 6.45) is 96.9. The van der Waals surface area contributed by atoms with Crippen LogP contribution in [0.15, 0.2) is 85.1 Å². The van der Waals surface area contributed by atoms with Gasteiger partial charge in [0.25, 0.3) is 7.82 Å². The number of unbranched alkanes of at least 4 members (excludes halogenated alkanes) is 43. The van der Waals surface area contributed by atoms with E-state index in [9.17, 15) is 19.0 Å². The maximum atomic E-state index is 12.9. The van der Waals surface area contributed by atoms with Gasteiger partial charge in [0.1, 0.15) is 19.8 Å². The molecule has 0 aromatic rings. The normalized spacial score (nSPS) is 13.5. The predicted octanol–water partition coefficient (Wildman–Crippen LogP) is 24.6. The molecule has 0 N–H and O–H groups in total. The van der Waals surface area contributed by atoms with Crippen molar-refractivity contribution in [3.8, 4) is 0 Å². The molecule has 0 aliphatic rings. The highest BCUT2D eigenvalue weighted by atomic mass is 31.2. The van der Waals surface area contributed by atoms with Gasteiger partial charge in [-0.3, -0.25) is 14.2 Å². The maximum Gasteiger partial charge on any atom is 0.306 e. The third kappa shape index (κ3) is 74.2. The summed E-state index contributed by atoms with van der Waals surface area (Å²) in [5.74, 6) is -0.818. The van der Waals surface area contributed by atoms with Gasteiger partial charge in [0.15, 0.2) is 6.10 Å². The van der Waals surface area contributed by atoms with Crippen molar-refractivity contribution in [2.24, 2.45) is 0 Å². The number of allylic oxidation sites excluding steroid dienone is 14. The van der Waals surface area contributed by atoms with Crippen LogP contribution < -0.4 is 4.89 Å². The van der Waals surface area contributed by atoms with Crippen LogP contribution in [0.4, 0.5) is 0 Å². The molecule has 0 saturated heterocycles. The molecule has 0 aliphatic carbocycles. The van der Waals surface area contributed by atoms with Gasteiger partial charge in [-0.2, -0.15) is 0 Å². The van der Waals surface area contributed by atoms with Gasteiger partial charge in [0, 0.05) is 12.8 Å². The number of ether oxygens (including phenoxy) is 2. The van der Waals surface area contributed by atoms with Gasteiger partial charge in [0.05, 0.1) is 27.7 Å². The highest BCUT2D eigenvalue weighted by Gasteiger charge is 2.22. The Balaban J connectivity index is 3.95. The Labute approximate surface area is 558 Å². The molecule has 9 nitrogen and oxygen atoms in total. The fourth-order valence-corrected chi connectivity index (χ4v) is 11.8. The summed E-state index contributed by atoms with van der Waals surface area (Å²) in [4.78, 5) is 38.1. The quantitative estimate of drug-likeness (QED) is 0.0195. The van der Waals surface area contributed by atoms with Crippen molar-refractivity contribution in [1.82, 2.24) is 0 Å². The number of esters is 2. The van der Waals surface area contributed by atoms with E-state index in [0.717, 1.165) is 70.6 Å². The Kier molecular flexibility index (Phi) is 68.3. The first-order valence-electron chi connectivity index (χ1n) is 38.3. The Bertz CT molecular complexity index is 1800. The monoisotopic (exact) mass is 1280 g/mol. The molecule has 524 valence electrons. The molecule has 0 fully saturated rings. The molecule has 90 heavy (non-hydrogen) atoms. The molecule has 0 saturated carbocycles. The largest absolute Gasteiger partial charge is 0.756 e. The van der Waals surface area contributed by atoms with Crippen molar-refractivity contribution in [2.45, 2.75) is 367 Å². The minimum atomic E-state index is -4.65. The summed E-state index contributed by atoms with van der Waals surface area (Å²) in [5.41, 5.74) is 0. The molecule has 0 aromatic heterocycles. The molecule has 0 radical (unpaired) electrons. The van der Waals surface area contributed by atoms with Crippen LogP contribution in [0.2, 0.25) is 0 Å². The Morgan fingerprint density at radius 2 is 0.633 bits per heavy atom. The van der Waals surface area contributed by atoms with E-state index in [1.54, 1.807) is 0 Å². The van der Waals surface area contributed by atoms with Crippen molar-refractivity contribution in [1.29, 1.82) is 0 Å². The second-order valence-electron chi connectivity index (χ2n) is 27.0. The van der Waals surface area contributed by atoms with E-state index < -0.39 is 26.5 Å². The second kappa shape index (κ2) is 70.5. The fourth-order valence-electron chi connectivity index (χ4n) is 11.1. The molecule has 0 aromatic carbocycles. The molecule has 0 spiro atoms. The van der Waals surface area contributed by atoms with Gasteiger partial charge >= 0.3 is 11.9 Å². The molecule has 0 rings (SSSR count). The standard InChI is InChI=1S/C80H146NO8P/c1-6-8-10-12-14-16-18-20-22-24-26-28-30-32-34-36-37-38-39-40-41-42-43-45-47-49-51-53-55-57-59-61-63-65-67-69-71-73-80(83)89-78(77-88-90(84,85)87-75-74-81(3,4)5)76-86-79(82)72-70-68-66-64-62-60-58-56-54-52-50-48-46-44-35-33-31-29-27-25-23-21-19-17-15-13-11-9-7-2/h8,10,14,16,19-22,25-28,31,33,78H,6-7,9,11-13,15,17-18,23-24,29-30,32,34-77H2,1-5H3/b10-8-,16-14-,21-19-,22-20-,27-25-,28-26-,33-31-. The molecule has 10 heteroatoms. The third-order valence-electron chi connectivity index (χ3n) is 16.9. The summed E-state index contributed by atoms with van der Waals surface area (Å²) in [6, 6.07) is 0. The summed E-state index contributed by atoms with van der Waals surface area (Å²) < 4.78 is 34.4. The van der Waals surface area contributed by atoms with Crippen molar-refractivity contribution >= 4 is 19.8 Å². The van der Waals surface area contributed by atoms with Gasteiger partial charge in [-0.05, 0) is 89.9 Å². The highest BCUT2D eigenvalue weighted by Crippen LogP contribution is 2.38. The van der Waals surface area contributed by atoms with Gasteiger partial charge in [-0.15, -0.1) is 0 Å². The number of carbonyl (C=O) groups is 2. The van der Waals surface area contributed by atoms with Crippen molar-refractivity contribution < 1.29 is 42.1 Å². The van der Waals surface area contributed by atoms with Gasteiger partial charge in [-0.1, -0.05) is 343 Å². The lowest BCUT2D eigenvalue weighted by Gasteiger charge is -2.28. The van der Waals surface area contributed by atoms with E-state index in [-0.39, 0.29) is 32.0 Å². The summed E-state index contributed by atoms with van der Waals surface area (Å²) in [5, 5.41) is 0. The summed E-state index contributed by atoms with van der Waals surface area (Å²) in [7, 11) is 1.18. The maximum absolute atomic E-state index is 12.9. The van der Waals surface area contributed by atoms with Crippen molar-refractivity contribution in [3.05, 3.63) is 85.1 Å². The molecular weight excluding hydrogens is 1130 g/mol. The van der Waals surface area contributed by atoms with Gasteiger partial charge < -0.3 is 27.9 Å². The number of nitrogens with zero attached hydrogens (tertiary/aromatic N) is 1. The number of likely N-dealkylation sites (N-methyl/N-ethyl adjacent to an activating group) is 1. The zero-order chi connectivity index (χ0) is 65.5. The number of rotatable bonds is 71. The van der Waals surface area contributed by atoms with Crippen LogP contribution in [-0.2, 0) is 32.7 Å². The van der Waals surface area contributed by atoms with Crippen molar-refractivity contribution in [3.63, 3.8) is 0 Å². The first kappa shape index (κ1) is 87.2. The lowest BCUT2D eigenvalue weighted by Crippen LogP contribution is -2.37. The predicted molar refractivity (Wildman–Crippen MR) is 388 cm³/mol. The molecule has 2 atom stereocenters. The minimum absolute atomic E-state index is 0.0307. The van der Waals surface area contributed by atoms with E-state index in [1.165, 1.54) is 257 Å². The van der Waals surface area contributed by atoms with Gasteiger partial charge in [0.2, 0.25) is 0 Å². The van der Waals surface area contributed by atoms with E-state index in [1.807, 2.05) is 21.1 Å². The van der Waals surface area contributed by atoms with Crippen molar-refractivity contribution in [2.75, 3.05) is 47.5 Å². The number of quaternary nitrogens is 1. The molecule has 2 unspecified atom stereocenters. The molecule has 0 heterocycles. The fraction of sp³-hybridized carbons (Fsp3) is 0.800. The smallest absolute Gasteiger partial charge is 0.306 e. The lowest BCUT2D eigenvalue weighted by atomic mass is 10.0. The van der Waals surface area contributed by atoms with E-state index in [2.05, 4.69) is 98.9 Å². The van der Waals surface area contributed by atoms with Crippen LogP contribution in [0.1, 0.15) is 361 Å². The second-order valence-corrected chi connectivity index (χ2v) is 28.4. The number of hydrogen-bond acceptors (Lipinski definition) is 8. The number of phosphoric ester groups is 1. The highest BCUT2D eigenvalue weighted by molar-refractivity contribution is 7.45. The molecule has 0 bridgehead atoms. The van der Waals surface area contributed by atoms with Crippen LogP contribution in [0.5, 0.6) is 0 Å².